The van der Waals surface area contributed by atoms with Crippen LogP contribution in [0.5, 0.6) is 0 Å². The van der Waals surface area contributed by atoms with Crippen LogP contribution in [0.1, 0.15) is 10.4 Å². The number of nitrogens with one attached hydrogen (secondary N) is 1. The Morgan fingerprint density at radius 1 is 1.65 bits per heavy atom. The molecule has 0 aromatic carbocycles. The summed E-state index contributed by atoms with van der Waals surface area (Å²) in [6.07, 6.45) is 2.43. The van der Waals surface area contributed by atoms with Crippen molar-refractivity contribution in [2.75, 3.05) is 7.05 Å². The van der Waals surface area contributed by atoms with E-state index in [4.69, 9.17) is 11.6 Å². The van der Waals surface area contributed by atoms with Crippen LogP contribution in [0.4, 0.5) is 0 Å². The van der Waals surface area contributed by atoms with Crippen LogP contribution < -0.4 is 5.32 Å². The second-order valence-electron chi connectivity index (χ2n) is 3.51. The third-order valence-corrected chi connectivity index (χ3v) is 2.65. The monoisotopic (exact) mass is 251 g/mol. The van der Waals surface area contributed by atoms with Crippen LogP contribution >= 0.6 is 11.6 Å². The molecule has 6 heteroatoms. The van der Waals surface area contributed by atoms with Crippen molar-refractivity contribution in [3.8, 4) is 0 Å². The highest BCUT2D eigenvalue weighted by molar-refractivity contribution is 6.30. The fourth-order valence-corrected chi connectivity index (χ4v) is 1.81. The standard InChI is InChI=1S/C11H10ClN3O2/c1-13-10(17)5-15-3-2-8-7(6-16)4-9(12)14-11(8)15/h2-4,6H,5H2,1H3,(H,13,17). The lowest BCUT2D eigenvalue weighted by molar-refractivity contribution is -0.121. The Morgan fingerprint density at radius 2 is 2.41 bits per heavy atom. The summed E-state index contributed by atoms with van der Waals surface area (Å²) in [4.78, 5) is 26.3. The Morgan fingerprint density at radius 3 is 3.06 bits per heavy atom. The van der Waals surface area contributed by atoms with E-state index in [-0.39, 0.29) is 17.6 Å². The van der Waals surface area contributed by atoms with Gasteiger partial charge in [0.15, 0.2) is 6.29 Å². The van der Waals surface area contributed by atoms with Crippen molar-refractivity contribution in [3.05, 3.63) is 29.0 Å². The molecule has 0 atom stereocenters. The molecule has 0 unspecified atom stereocenters. The Bertz CT molecular complexity index is 592. The zero-order valence-corrected chi connectivity index (χ0v) is 9.86. The minimum Gasteiger partial charge on any atom is -0.358 e. The van der Waals surface area contributed by atoms with Crippen LogP contribution in [0.3, 0.4) is 0 Å². The number of hydrogen-bond donors (Lipinski definition) is 1. The van der Waals surface area contributed by atoms with Crippen molar-refractivity contribution in [2.24, 2.45) is 0 Å². The maximum Gasteiger partial charge on any atom is 0.239 e. The summed E-state index contributed by atoms with van der Waals surface area (Å²) >= 11 is 5.82. The molecular formula is C11H10ClN3O2. The second-order valence-corrected chi connectivity index (χ2v) is 3.89. The number of aldehydes is 1. The van der Waals surface area contributed by atoms with Gasteiger partial charge in [-0.25, -0.2) is 4.98 Å². The molecule has 0 aliphatic carbocycles. The van der Waals surface area contributed by atoms with E-state index < -0.39 is 0 Å². The highest BCUT2D eigenvalue weighted by Gasteiger charge is 2.10. The summed E-state index contributed by atoms with van der Waals surface area (Å²) in [6.45, 7) is 0.144. The fraction of sp³-hybridized carbons (Fsp3) is 0.182. The van der Waals surface area contributed by atoms with Gasteiger partial charge >= 0.3 is 0 Å². The zero-order chi connectivity index (χ0) is 12.4. The molecule has 0 saturated heterocycles. The van der Waals surface area contributed by atoms with Crippen LogP contribution in [-0.2, 0) is 11.3 Å². The van der Waals surface area contributed by atoms with Gasteiger partial charge in [0.25, 0.3) is 0 Å². The predicted molar refractivity (Wildman–Crippen MR) is 64.2 cm³/mol. The maximum atomic E-state index is 11.3. The molecule has 0 fully saturated rings. The number of amides is 1. The molecule has 2 heterocycles. The van der Waals surface area contributed by atoms with E-state index in [2.05, 4.69) is 10.3 Å². The van der Waals surface area contributed by atoms with Gasteiger partial charge in [-0.05, 0) is 12.1 Å². The van der Waals surface area contributed by atoms with Gasteiger partial charge < -0.3 is 9.88 Å². The molecule has 2 aromatic heterocycles. The van der Waals surface area contributed by atoms with E-state index in [9.17, 15) is 9.59 Å². The third kappa shape index (κ3) is 2.14. The van der Waals surface area contributed by atoms with Crippen molar-refractivity contribution in [2.45, 2.75) is 6.54 Å². The van der Waals surface area contributed by atoms with Crippen LogP contribution in [0.25, 0.3) is 11.0 Å². The van der Waals surface area contributed by atoms with Gasteiger partial charge in [-0.3, -0.25) is 9.59 Å². The van der Waals surface area contributed by atoms with E-state index in [0.29, 0.717) is 16.6 Å². The number of nitrogens with zero attached hydrogens (tertiary/aromatic N) is 2. The van der Waals surface area contributed by atoms with Gasteiger partial charge in [0.05, 0.1) is 0 Å². The van der Waals surface area contributed by atoms with E-state index >= 15 is 0 Å². The van der Waals surface area contributed by atoms with Crippen molar-refractivity contribution < 1.29 is 9.59 Å². The summed E-state index contributed by atoms with van der Waals surface area (Å²) in [6, 6.07) is 3.24. The van der Waals surface area contributed by atoms with Crippen molar-refractivity contribution >= 4 is 34.8 Å². The molecule has 2 aromatic rings. The summed E-state index contributed by atoms with van der Waals surface area (Å²) in [5, 5.41) is 3.44. The molecule has 0 spiro atoms. The first-order valence-electron chi connectivity index (χ1n) is 4.97. The molecule has 0 radical (unpaired) electrons. The smallest absolute Gasteiger partial charge is 0.239 e. The predicted octanol–water partition coefficient (Wildman–Crippen LogP) is 1.25. The Labute approximate surface area is 102 Å². The number of hydrogen-bond acceptors (Lipinski definition) is 3. The van der Waals surface area contributed by atoms with E-state index in [1.54, 1.807) is 23.9 Å². The average molecular weight is 252 g/mol. The van der Waals surface area contributed by atoms with Crippen LogP contribution in [0.2, 0.25) is 5.15 Å². The van der Waals surface area contributed by atoms with Crippen molar-refractivity contribution in [3.63, 3.8) is 0 Å². The molecule has 1 amide bonds. The lowest BCUT2D eigenvalue weighted by Gasteiger charge is -2.04. The molecule has 0 bridgehead atoms. The van der Waals surface area contributed by atoms with Gasteiger partial charge in [-0.1, -0.05) is 11.6 Å². The highest BCUT2D eigenvalue weighted by atomic mass is 35.5. The van der Waals surface area contributed by atoms with E-state index in [0.717, 1.165) is 6.29 Å². The molecule has 88 valence electrons. The normalized spacial score (nSPS) is 10.5. The van der Waals surface area contributed by atoms with Crippen molar-refractivity contribution in [1.82, 2.24) is 14.9 Å². The minimum absolute atomic E-state index is 0.142. The lowest BCUT2D eigenvalue weighted by Crippen LogP contribution is -2.23. The quantitative estimate of drug-likeness (QED) is 0.660. The first-order chi connectivity index (χ1) is 8.15. The highest BCUT2D eigenvalue weighted by Crippen LogP contribution is 2.20. The molecular weight excluding hydrogens is 242 g/mol. The lowest BCUT2D eigenvalue weighted by atomic mass is 10.2. The van der Waals surface area contributed by atoms with E-state index in [1.165, 1.54) is 6.07 Å². The summed E-state index contributed by atoms with van der Waals surface area (Å²) < 4.78 is 1.65. The minimum atomic E-state index is -0.142. The second kappa shape index (κ2) is 4.55. The van der Waals surface area contributed by atoms with Crippen LogP contribution in [-0.4, -0.2) is 28.8 Å². The fourth-order valence-electron chi connectivity index (χ4n) is 1.61. The molecule has 2 rings (SSSR count). The van der Waals surface area contributed by atoms with Gasteiger partial charge in [-0.2, -0.15) is 0 Å². The maximum absolute atomic E-state index is 11.3. The number of rotatable bonds is 3. The number of carbonyl (C=O) groups is 2. The average Bonchev–Trinajstić information content (AvgIpc) is 2.71. The zero-order valence-electron chi connectivity index (χ0n) is 9.11. The van der Waals surface area contributed by atoms with Gasteiger partial charge in [0, 0.05) is 24.2 Å². The summed E-state index contributed by atoms with van der Waals surface area (Å²) in [5.74, 6) is -0.142. The number of pyridine rings is 1. The summed E-state index contributed by atoms with van der Waals surface area (Å²) in [7, 11) is 1.56. The van der Waals surface area contributed by atoms with Gasteiger partial charge in [-0.15, -0.1) is 0 Å². The largest absolute Gasteiger partial charge is 0.358 e. The topological polar surface area (TPSA) is 64.0 Å². The SMILES string of the molecule is CNC(=O)Cn1ccc2c(C=O)cc(Cl)nc21. The third-order valence-electron chi connectivity index (χ3n) is 2.45. The van der Waals surface area contributed by atoms with Gasteiger partial charge in [0.2, 0.25) is 5.91 Å². The Balaban J connectivity index is 2.56. The molecule has 0 aliphatic rings. The molecule has 17 heavy (non-hydrogen) atoms. The number of likely N-dealkylation sites (N-methyl/N-ethyl adjacent to an activating group) is 1. The first-order valence-corrected chi connectivity index (χ1v) is 5.34. The molecule has 0 aliphatic heterocycles. The first kappa shape index (κ1) is 11.6. The molecule has 5 nitrogen and oxygen atoms in total. The van der Waals surface area contributed by atoms with Crippen LogP contribution in [0.15, 0.2) is 18.3 Å². The molecule has 0 saturated carbocycles. The molecule has 1 N–H and O–H groups in total. The Kier molecular flexibility index (Phi) is 3.10. The van der Waals surface area contributed by atoms with Gasteiger partial charge in [0.1, 0.15) is 17.3 Å². The number of aromatic nitrogens is 2. The number of fused-ring (bicyclic) bond motifs is 1. The Hall–Kier alpha value is -1.88. The number of halogens is 1. The van der Waals surface area contributed by atoms with E-state index in [1.807, 2.05) is 0 Å². The summed E-state index contributed by atoms with van der Waals surface area (Å²) in [5.41, 5.74) is 0.999. The van der Waals surface area contributed by atoms with Crippen LogP contribution in [0, 0.1) is 0 Å². The van der Waals surface area contributed by atoms with Crippen molar-refractivity contribution in [1.29, 1.82) is 0 Å². The number of carbonyl (C=O) groups excluding carboxylic acids is 2.